The molecule has 10 heteroatoms. The highest BCUT2D eigenvalue weighted by atomic mass is 35.5. The van der Waals surface area contributed by atoms with E-state index < -0.39 is 0 Å². The number of ether oxygens (including phenoxy) is 1. The van der Waals surface area contributed by atoms with Crippen molar-refractivity contribution in [2.75, 3.05) is 12.4 Å². The quantitative estimate of drug-likeness (QED) is 0.320. The van der Waals surface area contributed by atoms with Gasteiger partial charge in [0.15, 0.2) is 5.01 Å². The Morgan fingerprint density at radius 3 is 2.82 bits per heavy atom. The van der Waals surface area contributed by atoms with E-state index in [4.69, 9.17) is 16.3 Å². The van der Waals surface area contributed by atoms with Gasteiger partial charge >= 0.3 is 0 Å². The number of halogens is 1. The molecule has 0 radical (unpaired) electrons. The summed E-state index contributed by atoms with van der Waals surface area (Å²) >= 11 is 7.42. The van der Waals surface area contributed by atoms with E-state index in [9.17, 15) is 4.79 Å². The number of carbonyl (C=O) groups excluding carboxylic acids is 1. The van der Waals surface area contributed by atoms with Crippen LogP contribution in [-0.4, -0.2) is 38.4 Å². The van der Waals surface area contributed by atoms with Gasteiger partial charge in [0.2, 0.25) is 5.13 Å². The van der Waals surface area contributed by atoms with Gasteiger partial charge in [-0.15, -0.1) is 10.2 Å². The van der Waals surface area contributed by atoms with E-state index in [2.05, 4.69) is 42.5 Å². The predicted molar refractivity (Wildman–Crippen MR) is 130 cm³/mol. The van der Waals surface area contributed by atoms with Crippen molar-refractivity contribution in [2.24, 2.45) is 5.92 Å². The average Bonchev–Trinajstić information content (AvgIpc) is 3.60. The lowest BCUT2D eigenvalue weighted by molar-refractivity contribution is 0.102. The molecule has 34 heavy (non-hydrogen) atoms. The number of carbonyl (C=O) groups is 1. The van der Waals surface area contributed by atoms with Gasteiger partial charge in [-0.05, 0) is 54.7 Å². The van der Waals surface area contributed by atoms with Crippen molar-refractivity contribution in [3.63, 3.8) is 0 Å². The summed E-state index contributed by atoms with van der Waals surface area (Å²) in [6, 6.07) is 10.7. The first-order valence-corrected chi connectivity index (χ1v) is 11.6. The van der Waals surface area contributed by atoms with E-state index >= 15 is 0 Å². The fourth-order valence-corrected chi connectivity index (χ4v) is 4.01. The molecule has 0 unspecified atom stereocenters. The van der Waals surface area contributed by atoms with Crippen LogP contribution in [0, 0.1) is 17.8 Å². The van der Waals surface area contributed by atoms with Gasteiger partial charge in [0.1, 0.15) is 10.9 Å². The van der Waals surface area contributed by atoms with Gasteiger partial charge in [-0.3, -0.25) is 10.1 Å². The summed E-state index contributed by atoms with van der Waals surface area (Å²) in [5.74, 6) is 6.74. The molecule has 3 aromatic heterocycles. The first-order valence-electron chi connectivity index (χ1n) is 10.4. The summed E-state index contributed by atoms with van der Waals surface area (Å²) in [7, 11) is 1.53. The predicted octanol–water partition coefficient (Wildman–Crippen LogP) is 4.73. The molecule has 0 spiro atoms. The Balaban J connectivity index is 1.53. The van der Waals surface area contributed by atoms with E-state index in [1.807, 2.05) is 18.2 Å². The fraction of sp³-hybridized carbons (Fsp3) is 0.167. The molecule has 1 aliphatic rings. The van der Waals surface area contributed by atoms with Crippen LogP contribution in [-0.2, 0) is 0 Å². The van der Waals surface area contributed by atoms with Crippen molar-refractivity contribution >= 4 is 34.0 Å². The van der Waals surface area contributed by atoms with Gasteiger partial charge in [0, 0.05) is 28.8 Å². The number of aromatic nitrogens is 5. The van der Waals surface area contributed by atoms with E-state index in [1.54, 1.807) is 24.4 Å². The summed E-state index contributed by atoms with van der Waals surface area (Å²) < 4.78 is 5.49. The molecule has 1 fully saturated rings. The SMILES string of the molecule is COc1cnc(Cl)cc1-c1cc(-c2cccnn2)ccc1C(=O)Nc1nnc(C#CC2CC2)s1. The molecular weight excluding hydrogens is 472 g/mol. The van der Waals surface area contributed by atoms with Crippen molar-refractivity contribution in [2.45, 2.75) is 12.8 Å². The maximum absolute atomic E-state index is 13.3. The number of methoxy groups -OCH3 is 1. The molecule has 1 aromatic carbocycles. The Bertz CT molecular complexity index is 1430. The highest BCUT2D eigenvalue weighted by Gasteiger charge is 2.20. The van der Waals surface area contributed by atoms with Crippen LogP contribution in [0.4, 0.5) is 5.13 Å². The first kappa shape index (κ1) is 21.9. The van der Waals surface area contributed by atoms with Gasteiger partial charge in [0.05, 0.1) is 19.0 Å². The molecule has 1 N–H and O–H groups in total. The van der Waals surface area contributed by atoms with Crippen LogP contribution >= 0.6 is 22.9 Å². The summed E-state index contributed by atoms with van der Waals surface area (Å²) in [5, 5.41) is 20.3. The van der Waals surface area contributed by atoms with Crippen LogP contribution in [0.2, 0.25) is 5.15 Å². The molecule has 1 saturated carbocycles. The minimum absolute atomic E-state index is 0.273. The third-order valence-electron chi connectivity index (χ3n) is 5.08. The van der Waals surface area contributed by atoms with E-state index in [1.165, 1.54) is 24.6 Å². The Labute approximate surface area is 204 Å². The standard InChI is InChI=1S/C24H17ClN6O2S/c1-33-20-13-26-21(25)12-18(20)17-11-15(19-3-2-10-27-29-19)7-8-16(17)23(32)28-24-31-30-22(34-24)9-6-14-4-5-14/h2-3,7-8,10-14H,4-5H2,1H3,(H,28,31,32). The topological polar surface area (TPSA) is 103 Å². The lowest BCUT2D eigenvalue weighted by Crippen LogP contribution is -2.13. The highest BCUT2D eigenvalue weighted by Crippen LogP contribution is 2.36. The molecule has 8 nitrogen and oxygen atoms in total. The summed E-state index contributed by atoms with van der Waals surface area (Å²) in [5.41, 5.74) is 3.06. The Morgan fingerprint density at radius 1 is 1.18 bits per heavy atom. The van der Waals surface area contributed by atoms with Crippen molar-refractivity contribution in [3.05, 3.63) is 64.5 Å². The number of rotatable bonds is 5. The second kappa shape index (κ2) is 9.55. The second-order valence-corrected chi connectivity index (χ2v) is 8.85. The van der Waals surface area contributed by atoms with E-state index in [-0.39, 0.29) is 11.1 Å². The number of pyridine rings is 1. The van der Waals surface area contributed by atoms with Gasteiger partial charge in [-0.1, -0.05) is 34.9 Å². The third kappa shape index (κ3) is 4.88. The molecular formula is C24H17ClN6O2S. The maximum Gasteiger partial charge on any atom is 0.258 e. The van der Waals surface area contributed by atoms with Gasteiger partial charge in [-0.2, -0.15) is 10.2 Å². The minimum atomic E-state index is -0.353. The number of hydrogen-bond acceptors (Lipinski definition) is 8. The van der Waals surface area contributed by atoms with Crippen LogP contribution in [0.15, 0.2) is 48.8 Å². The first-order chi connectivity index (χ1) is 16.6. The van der Waals surface area contributed by atoms with Gasteiger partial charge < -0.3 is 4.74 Å². The number of anilines is 1. The molecule has 0 saturated heterocycles. The van der Waals surface area contributed by atoms with Crippen molar-refractivity contribution in [1.29, 1.82) is 0 Å². The molecule has 1 aliphatic carbocycles. The van der Waals surface area contributed by atoms with Crippen molar-refractivity contribution < 1.29 is 9.53 Å². The van der Waals surface area contributed by atoms with Gasteiger partial charge in [-0.25, -0.2) is 4.98 Å². The number of benzene rings is 1. The Morgan fingerprint density at radius 2 is 2.06 bits per heavy atom. The van der Waals surface area contributed by atoms with Crippen LogP contribution < -0.4 is 10.1 Å². The number of amides is 1. The van der Waals surface area contributed by atoms with Crippen LogP contribution in [0.25, 0.3) is 22.4 Å². The Hall–Kier alpha value is -3.87. The lowest BCUT2D eigenvalue weighted by Gasteiger charge is -2.14. The second-order valence-electron chi connectivity index (χ2n) is 7.49. The summed E-state index contributed by atoms with van der Waals surface area (Å²) in [4.78, 5) is 17.4. The molecule has 168 valence electrons. The number of nitrogens with one attached hydrogen (secondary N) is 1. The van der Waals surface area contributed by atoms with E-state index in [0.717, 1.165) is 18.4 Å². The zero-order valence-corrected chi connectivity index (χ0v) is 19.5. The number of hydrogen-bond donors (Lipinski definition) is 1. The zero-order chi connectivity index (χ0) is 23.5. The lowest BCUT2D eigenvalue weighted by atomic mass is 9.95. The average molecular weight is 489 g/mol. The molecule has 0 bridgehead atoms. The zero-order valence-electron chi connectivity index (χ0n) is 17.9. The normalized spacial score (nSPS) is 12.5. The minimum Gasteiger partial charge on any atom is -0.494 e. The molecule has 0 atom stereocenters. The van der Waals surface area contributed by atoms with Crippen LogP contribution in [0.5, 0.6) is 5.75 Å². The van der Waals surface area contributed by atoms with Crippen molar-refractivity contribution in [1.82, 2.24) is 25.4 Å². The maximum atomic E-state index is 13.3. The molecule has 4 aromatic rings. The largest absolute Gasteiger partial charge is 0.494 e. The molecule has 0 aliphatic heterocycles. The number of nitrogens with zero attached hydrogens (tertiary/aromatic N) is 5. The molecule has 5 rings (SSSR count). The summed E-state index contributed by atoms with van der Waals surface area (Å²) in [6.07, 6.45) is 5.38. The van der Waals surface area contributed by atoms with Crippen LogP contribution in [0.3, 0.4) is 0 Å². The third-order valence-corrected chi connectivity index (χ3v) is 6.04. The van der Waals surface area contributed by atoms with Crippen molar-refractivity contribution in [3.8, 4) is 40.0 Å². The molecule has 3 heterocycles. The molecule has 1 amide bonds. The van der Waals surface area contributed by atoms with Gasteiger partial charge in [0.25, 0.3) is 5.91 Å². The fourth-order valence-electron chi connectivity index (χ4n) is 3.25. The van der Waals surface area contributed by atoms with E-state index in [0.29, 0.717) is 44.2 Å². The highest BCUT2D eigenvalue weighted by molar-refractivity contribution is 7.15. The monoisotopic (exact) mass is 488 g/mol. The van der Waals surface area contributed by atoms with Crippen LogP contribution in [0.1, 0.15) is 28.2 Å². The Kier molecular flexibility index (Phi) is 6.16. The smallest absolute Gasteiger partial charge is 0.258 e. The summed E-state index contributed by atoms with van der Waals surface area (Å²) in [6.45, 7) is 0.